The van der Waals surface area contributed by atoms with Crippen LogP contribution >= 0.6 is 0 Å². The Balaban J connectivity index is 1.21. The van der Waals surface area contributed by atoms with E-state index in [9.17, 15) is 9.59 Å². The number of aromatic nitrogens is 1. The van der Waals surface area contributed by atoms with E-state index in [-0.39, 0.29) is 24.5 Å². The fourth-order valence-corrected chi connectivity index (χ4v) is 4.12. The van der Waals surface area contributed by atoms with Crippen LogP contribution in [0.25, 0.3) is 0 Å². The van der Waals surface area contributed by atoms with Crippen molar-refractivity contribution in [3.8, 4) is 0 Å². The fraction of sp³-hybridized carbons (Fsp3) is 0.667. The van der Waals surface area contributed by atoms with Gasteiger partial charge in [0.15, 0.2) is 0 Å². The van der Waals surface area contributed by atoms with Crippen molar-refractivity contribution in [2.45, 2.75) is 31.8 Å². The summed E-state index contributed by atoms with van der Waals surface area (Å²) in [6.45, 7) is 5.45. The highest BCUT2D eigenvalue weighted by atomic mass is 16.5. The Morgan fingerprint density at radius 3 is 2.68 bits per heavy atom. The van der Waals surface area contributed by atoms with Crippen LogP contribution in [0.4, 0.5) is 0 Å². The molecule has 0 aromatic carbocycles. The topological polar surface area (TPSA) is 74.8 Å². The van der Waals surface area contributed by atoms with Crippen LogP contribution in [0.1, 0.15) is 36.0 Å². The van der Waals surface area contributed by atoms with E-state index in [4.69, 9.17) is 4.74 Å². The number of morpholine rings is 1. The Morgan fingerprint density at radius 2 is 1.96 bits per heavy atom. The van der Waals surface area contributed by atoms with Gasteiger partial charge in [-0.1, -0.05) is 0 Å². The van der Waals surface area contributed by atoms with Crippen LogP contribution < -0.4 is 5.32 Å². The lowest BCUT2D eigenvalue weighted by Crippen LogP contribution is -2.52. The maximum atomic E-state index is 12.3. The quantitative estimate of drug-likeness (QED) is 0.761. The zero-order chi connectivity index (χ0) is 19.3. The van der Waals surface area contributed by atoms with Gasteiger partial charge in [-0.15, -0.1) is 0 Å². The molecule has 1 atom stereocenters. The van der Waals surface area contributed by atoms with Crippen LogP contribution in [0.2, 0.25) is 0 Å². The van der Waals surface area contributed by atoms with Crippen LogP contribution in [-0.4, -0.2) is 78.6 Å². The van der Waals surface area contributed by atoms with Crippen molar-refractivity contribution >= 4 is 11.8 Å². The first-order chi connectivity index (χ1) is 13.7. The third kappa shape index (κ3) is 5.29. The zero-order valence-corrected chi connectivity index (χ0v) is 16.4. The van der Waals surface area contributed by atoms with Gasteiger partial charge in [-0.2, -0.15) is 0 Å². The molecule has 3 fully saturated rings. The Bertz CT molecular complexity index is 671. The average Bonchev–Trinajstić information content (AvgIpc) is 3.54. The lowest BCUT2D eigenvalue weighted by molar-refractivity contribution is -0.149. The summed E-state index contributed by atoms with van der Waals surface area (Å²) in [6.07, 6.45) is 8.17. The third-order valence-corrected chi connectivity index (χ3v) is 6.03. The first-order valence-electron chi connectivity index (χ1n) is 10.5. The van der Waals surface area contributed by atoms with E-state index in [1.54, 1.807) is 24.5 Å². The van der Waals surface area contributed by atoms with Crippen molar-refractivity contribution in [1.82, 2.24) is 20.1 Å². The fourth-order valence-electron chi connectivity index (χ4n) is 4.12. The van der Waals surface area contributed by atoms with E-state index in [0.717, 1.165) is 25.6 Å². The summed E-state index contributed by atoms with van der Waals surface area (Å²) in [4.78, 5) is 32.9. The first kappa shape index (κ1) is 19.3. The van der Waals surface area contributed by atoms with E-state index in [1.165, 1.54) is 32.2 Å². The van der Waals surface area contributed by atoms with E-state index in [1.807, 2.05) is 4.90 Å². The number of nitrogens with one attached hydrogen (secondary N) is 1. The van der Waals surface area contributed by atoms with Crippen molar-refractivity contribution < 1.29 is 14.3 Å². The molecule has 2 amide bonds. The molecule has 3 heterocycles. The summed E-state index contributed by atoms with van der Waals surface area (Å²) >= 11 is 0. The van der Waals surface area contributed by atoms with Gasteiger partial charge < -0.3 is 19.9 Å². The number of carbonyl (C=O) groups excluding carboxylic acids is 2. The molecule has 2 aliphatic heterocycles. The molecule has 7 nitrogen and oxygen atoms in total. The molecule has 1 aromatic rings. The van der Waals surface area contributed by atoms with Crippen molar-refractivity contribution in [3.05, 3.63) is 30.1 Å². The molecule has 1 aliphatic carbocycles. The van der Waals surface area contributed by atoms with E-state index >= 15 is 0 Å². The van der Waals surface area contributed by atoms with Gasteiger partial charge in [-0.3, -0.25) is 14.6 Å². The molecule has 4 rings (SSSR count). The molecule has 3 aliphatic rings. The summed E-state index contributed by atoms with van der Waals surface area (Å²) in [5.74, 6) is 1.42. The van der Waals surface area contributed by atoms with Gasteiger partial charge in [0, 0.05) is 38.6 Å². The second kappa shape index (κ2) is 9.01. The molecule has 152 valence electrons. The molecule has 0 radical (unpaired) electrons. The molecule has 7 heteroatoms. The van der Waals surface area contributed by atoms with Gasteiger partial charge in [0.05, 0.1) is 11.7 Å². The van der Waals surface area contributed by atoms with E-state index in [2.05, 4.69) is 15.2 Å². The second-order valence-corrected chi connectivity index (χ2v) is 8.37. The summed E-state index contributed by atoms with van der Waals surface area (Å²) in [7, 11) is 0. The highest BCUT2D eigenvalue weighted by molar-refractivity contribution is 5.93. The van der Waals surface area contributed by atoms with E-state index in [0.29, 0.717) is 24.6 Å². The average molecular weight is 386 g/mol. The van der Waals surface area contributed by atoms with Gasteiger partial charge in [-0.05, 0) is 62.7 Å². The second-order valence-electron chi connectivity index (χ2n) is 8.37. The maximum absolute atomic E-state index is 12.3. The lowest BCUT2D eigenvalue weighted by atomic mass is 9.95. The highest BCUT2D eigenvalue weighted by Gasteiger charge is 2.31. The molecule has 0 bridgehead atoms. The molecule has 1 aromatic heterocycles. The van der Waals surface area contributed by atoms with Crippen molar-refractivity contribution in [1.29, 1.82) is 0 Å². The number of piperidine rings is 1. The number of rotatable bonds is 7. The number of hydrogen-bond donors (Lipinski definition) is 1. The summed E-state index contributed by atoms with van der Waals surface area (Å²) in [5.41, 5.74) is 0.532. The van der Waals surface area contributed by atoms with Gasteiger partial charge >= 0.3 is 0 Å². The number of pyridine rings is 1. The smallest absolute Gasteiger partial charge is 0.252 e. The normalized spacial score (nSPS) is 24.4. The molecule has 0 spiro atoms. The van der Waals surface area contributed by atoms with Crippen molar-refractivity contribution in [2.24, 2.45) is 11.8 Å². The largest absolute Gasteiger partial charge is 0.365 e. The van der Waals surface area contributed by atoms with Crippen LogP contribution in [0.15, 0.2) is 24.5 Å². The monoisotopic (exact) mass is 386 g/mol. The number of amides is 2. The van der Waals surface area contributed by atoms with Crippen molar-refractivity contribution in [3.63, 3.8) is 0 Å². The Morgan fingerprint density at radius 1 is 1.18 bits per heavy atom. The highest BCUT2D eigenvalue weighted by Crippen LogP contribution is 2.31. The van der Waals surface area contributed by atoms with E-state index < -0.39 is 0 Å². The lowest BCUT2D eigenvalue weighted by Gasteiger charge is -2.38. The number of likely N-dealkylation sites (tertiary alicyclic amines) is 1. The molecule has 0 unspecified atom stereocenters. The van der Waals surface area contributed by atoms with Crippen LogP contribution in [0.5, 0.6) is 0 Å². The third-order valence-electron chi connectivity index (χ3n) is 6.03. The molecule has 28 heavy (non-hydrogen) atoms. The molecule has 2 saturated heterocycles. The SMILES string of the molecule is O=C(NC[C@@H]1CN(CC2CCN(CC3CC3)CC2)C(=O)CO1)c1cccnc1. The predicted octanol–water partition coefficient (Wildman–Crippen LogP) is 1.16. The minimum atomic E-state index is -0.164. The van der Waals surface area contributed by atoms with Crippen molar-refractivity contribution in [2.75, 3.05) is 45.9 Å². The number of nitrogens with zero attached hydrogens (tertiary/aromatic N) is 3. The molecular formula is C21H30N4O3. The zero-order valence-electron chi connectivity index (χ0n) is 16.4. The summed E-state index contributed by atoms with van der Waals surface area (Å²) in [5, 5.41) is 2.89. The number of ether oxygens (including phenoxy) is 1. The Hall–Kier alpha value is -1.99. The first-order valence-corrected chi connectivity index (χ1v) is 10.5. The minimum absolute atomic E-state index is 0.0650. The Kier molecular flexibility index (Phi) is 6.22. The maximum Gasteiger partial charge on any atom is 0.252 e. The van der Waals surface area contributed by atoms with Crippen LogP contribution in [0, 0.1) is 11.8 Å². The number of hydrogen-bond acceptors (Lipinski definition) is 5. The van der Waals surface area contributed by atoms with Gasteiger partial charge in [0.1, 0.15) is 6.61 Å². The van der Waals surface area contributed by atoms with Crippen LogP contribution in [-0.2, 0) is 9.53 Å². The molecule has 1 N–H and O–H groups in total. The Labute approximate surface area is 166 Å². The van der Waals surface area contributed by atoms with Gasteiger partial charge in [-0.25, -0.2) is 0 Å². The molecular weight excluding hydrogens is 356 g/mol. The standard InChI is InChI=1S/C21H30N4O3/c26-20-15-28-19(11-23-21(27)18-2-1-7-22-10-18)14-25(20)13-17-5-8-24(9-6-17)12-16-3-4-16/h1-2,7,10,16-17,19H,3-6,8-9,11-15H2,(H,23,27)/t19-/m1/s1. The summed E-state index contributed by atoms with van der Waals surface area (Å²) in [6, 6.07) is 3.47. The van der Waals surface area contributed by atoms with Gasteiger partial charge in [0.2, 0.25) is 5.91 Å². The number of carbonyl (C=O) groups is 2. The van der Waals surface area contributed by atoms with Crippen LogP contribution in [0.3, 0.4) is 0 Å². The summed E-state index contributed by atoms with van der Waals surface area (Å²) < 4.78 is 5.63. The molecule has 1 saturated carbocycles. The minimum Gasteiger partial charge on any atom is -0.365 e. The van der Waals surface area contributed by atoms with Gasteiger partial charge in [0.25, 0.3) is 5.91 Å². The predicted molar refractivity (Wildman–Crippen MR) is 105 cm³/mol.